The molecule has 0 aliphatic heterocycles. The summed E-state index contributed by atoms with van der Waals surface area (Å²) >= 11 is 5.85. The maximum Gasteiger partial charge on any atom is 0.0412 e. The Hall–Kier alpha value is -0.750. The smallest absolute Gasteiger partial charge is 0.0412 e. The van der Waals surface area contributed by atoms with E-state index in [2.05, 4.69) is 26.5 Å². The van der Waals surface area contributed by atoms with E-state index in [4.69, 9.17) is 11.6 Å². The number of halogens is 1. The summed E-state index contributed by atoms with van der Waals surface area (Å²) in [7, 11) is 0. The van der Waals surface area contributed by atoms with E-state index in [-0.39, 0.29) is 0 Å². The van der Waals surface area contributed by atoms with E-state index < -0.39 is 0 Å². The lowest BCUT2D eigenvalue weighted by molar-refractivity contribution is 0.864. The zero-order chi connectivity index (χ0) is 9.14. The van der Waals surface area contributed by atoms with Gasteiger partial charge >= 0.3 is 0 Å². The van der Waals surface area contributed by atoms with Gasteiger partial charge in [-0.15, -0.1) is 0 Å². The fourth-order valence-electron chi connectivity index (χ4n) is 1.25. The van der Waals surface area contributed by atoms with Crippen molar-refractivity contribution in [3.05, 3.63) is 40.9 Å². The average Bonchev–Trinajstić information content (AvgIpc) is 2.03. The molecule has 0 nitrogen and oxygen atoms in total. The Morgan fingerprint density at radius 1 is 1.42 bits per heavy atom. The van der Waals surface area contributed by atoms with Gasteiger partial charge in [-0.3, -0.25) is 0 Å². The first-order valence-corrected chi connectivity index (χ1v) is 4.45. The van der Waals surface area contributed by atoms with Gasteiger partial charge in [-0.05, 0) is 29.2 Å². The van der Waals surface area contributed by atoms with Crippen molar-refractivity contribution in [2.75, 3.05) is 0 Å². The topological polar surface area (TPSA) is 0 Å². The molecular weight excluding hydrogens is 168 g/mol. The lowest BCUT2D eigenvalue weighted by atomic mass is 9.97. The third kappa shape index (κ3) is 1.89. The SMILES string of the molecule is C=Cc1cc(Cl)ccc1C(C)C. The van der Waals surface area contributed by atoms with E-state index in [1.807, 2.05) is 18.2 Å². The lowest BCUT2D eigenvalue weighted by Crippen LogP contribution is -1.90. The van der Waals surface area contributed by atoms with Crippen molar-refractivity contribution in [2.45, 2.75) is 19.8 Å². The first kappa shape index (κ1) is 9.34. The zero-order valence-corrected chi connectivity index (χ0v) is 8.23. The van der Waals surface area contributed by atoms with Crippen molar-refractivity contribution in [3.63, 3.8) is 0 Å². The maximum atomic E-state index is 5.85. The van der Waals surface area contributed by atoms with Crippen LogP contribution in [0.1, 0.15) is 30.9 Å². The highest BCUT2D eigenvalue weighted by Gasteiger charge is 2.03. The molecule has 1 aromatic carbocycles. The average molecular weight is 181 g/mol. The second kappa shape index (κ2) is 3.77. The van der Waals surface area contributed by atoms with Crippen LogP contribution in [-0.4, -0.2) is 0 Å². The van der Waals surface area contributed by atoms with Crippen LogP contribution in [0.15, 0.2) is 24.8 Å². The number of hydrogen-bond donors (Lipinski definition) is 0. The van der Waals surface area contributed by atoms with Gasteiger partial charge in [0.05, 0.1) is 0 Å². The molecule has 0 saturated carbocycles. The molecule has 0 amide bonds. The van der Waals surface area contributed by atoms with E-state index in [9.17, 15) is 0 Å². The minimum atomic E-state index is 0.523. The fraction of sp³-hybridized carbons (Fsp3) is 0.273. The molecule has 1 rings (SSSR count). The minimum Gasteiger partial charge on any atom is -0.0985 e. The summed E-state index contributed by atoms with van der Waals surface area (Å²) in [4.78, 5) is 0. The first-order valence-electron chi connectivity index (χ1n) is 4.07. The predicted molar refractivity (Wildman–Crippen MR) is 55.6 cm³/mol. The van der Waals surface area contributed by atoms with Crippen molar-refractivity contribution >= 4 is 17.7 Å². The second-order valence-electron chi connectivity index (χ2n) is 3.13. The fourth-order valence-corrected chi connectivity index (χ4v) is 1.43. The van der Waals surface area contributed by atoms with Crippen LogP contribution in [0.5, 0.6) is 0 Å². The Kier molecular flexibility index (Phi) is 2.93. The Labute approximate surface area is 78.9 Å². The molecule has 0 saturated heterocycles. The Bertz CT molecular complexity index is 287. The van der Waals surface area contributed by atoms with Crippen LogP contribution in [0.4, 0.5) is 0 Å². The molecule has 1 aromatic rings. The van der Waals surface area contributed by atoms with E-state index in [0.29, 0.717) is 5.92 Å². The van der Waals surface area contributed by atoms with Crippen LogP contribution in [-0.2, 0) is 0 Å². The van der Waals surface area contributed by atoms with Crippen LogP contribution in [0.25, 0.3) is 6.08 Å². The van der Waals surface area contributed by atoms with Crippen LogP contribution in [0.3, 0.4) is 0 Å². The second-order valence-corrected chi connectivity index (χ2v) is 3.57. The van der Waals surface area contributed by atoms with E-state index >= 15 is 0 Å². The first-order chi connectivity index (χ1) is 5.65. The maximum absolute atomic E-state index is 5.85. The molecule has 0 heterocycles. The molecule has 0 atom stereocenters. The summed E-state index contributed by atoms with van der Waals surface area (Å²) < 4.78 is 0. The minimum absolute atomic E-state index is 0.523. The quantitative estimate of drug-likeness (QED) is 0.643. The molecule has 64 valence electrons. The van der Waals surface area contributed by atoms with Gasteiger partial charge in [0.1, 0.15) is 0 Å². The van der Waals surface area contributed by atoms with Crippen molar-refractivity contribution in [1.29, 1.82) is 0 Å². The third-order valence-electron chi connectivity index (χ3n) is 1.89. The molecule has 0 radical (unpaired) electrons. The standard InChI is InChI=1S/C11H13Cl/c1-4-9-7-10(12)5-6-11(9)8(2)3/h4-8H,1H2,2-3H3. The zero-order valence-electron chi connectivity index (χ0n) is 7.47. The van der Waals surface area contributed by atoms with Crippen LogP contribution >= 0.6 is 11.6 Å². The molecule has 12 heavy (non-hydrogen) atoms. The highest BCUT2D eigenvalue weighted by molar-refractivity contribution is 6.30. The van der Waals surface area contributed by atoms with Gasteiger partial charge in [0.15, 0.2) is 0 Å². The van der Waals surface area contributed by atoms with E-state index in [1.165, 1.54) is 5.56 Å². The molecule has 0 spiro atoms. The molecule has 0 unspecified atom stereocenters. The lowest BCUT2D eigenvalue weighted by Gasteiger charge is -2.09. The Balaban J connectivity index is 3.20. The molecule has 0 aromatic heterocycles. The highest BCUT2D eigenvalue weighted by Crippen LogP contribution is 2.23. The predicted octanol–water partition coefficient (Wildman–Crippen LogP) is 4.11. The van der Waals surface area contributed by atoms with Crippen LogP contribution in [0.2, 0.25) is 5.02 Å². The van der Waals surface area contributed by atoms with Gasteiger partial charge in [-0.1, -0.05) is 44.2 Å². The molecule has 0 bridgehead atoms. The van der Waals surface area contributed by atoms with Gasteiger partial charge in [0, 0.05) is 5.02 Å². The number of benzene rings is 1. The van der Waals surface area contributed by atoms with Crippen molar-refractivity contribution < 1.29 is 0 Å². The van der Waals surface area contributed by atoms with Crippen LogP contribution in [0, 0.1) is 0 Å². The molecule has 0 N–H and O–H groups in total. The summed E-state index contributed by atoms with van der Waals surface area (Å²) in [6, 6.07) is 5.93. The van der Waals surface area contributed by atoms with Gasteiger partial charge in [0.25, 0.3) is 0 Å². The largest absolute Gasteiger partial charge is 0.0985 e. The summed E-state index contributed by atoms with van der Waals surface area (Å²) in [6.45, 7) is 8.08. The normalized spacial score (nSPS) is 10.3. The van der Waals surface area contributed by atoms with Crippen molar-refractivity contribution in [1.82, 2.24) is 0 Å². The molecule has 0 aliphatic carbocycles. The van der Waals surface area contributed by atoms with Gasteiger partial charge in [-0.25, -0.2) is 0 Å². The molecule has 1 heteroatoms. The monoisotopic (exact) mass is 180 g/mol. The summed E-state index contributed by atoms with van der Waals surface area (Å²) in [5, 5.41) is 0.773. The Morgan fingerprint density at radius 2 is 2.08 bits per heavy atom. The van der Waals surface area contributed by atoms with Crippen molar-refractivity contribution in [2.24, 2.45) is 0 Å². The number of hydrogen-bond acceptors (Lipinski definition) is 0. The van der Waals surface area contributed by atoms with E-state index in [0.717, 1.165) is 10.6 Å². The van der Waals surface area contributed by atoms with E-state index in [1.54, 1.807) is 0 Å². The summed E-state index contributed by atoms with van der Waals surface area (Å²) in [5.74, 6) is 0.523. The number of rotatable bonds is 2. The van der Waals surface area contributed by atoms with Gasteiger partial charge in [0.2, 0.25) is 0 Å². The van der Waals surface area contributed by atoms with Crippen molar-refractivity contribution in [3.8, 4) is 0 Å². The molecular formula is C11H13Cl. The highest BCUT2D eigenvalue weighted by atomic mass is 35.5. The molecule has 0 aliphatic rings. The van der Waals surface area contributed by atoms with Crippen LogP contribution < -0.4 is 0 Å². The summed E-state index contributed by atoms with van der Waals surface area (Å²) in [6.07, 6.45) is 1.85. The Morgan fingerprint density at radius 3 is 2.58 bits per heavy atom. The molecule has 0 fully saturated rings. The third-order valence-corrected chi connectivity index (χ3v) is 2.13. The summed E-state index contributed by atoms with van der Waals surface area (Å²) in [5.41, 5.74) is 2.44. The van der Waals surface area contributed by atoms with Gasteiger partial charge in [-0.2, -0.15) is 0 Å². The van der Waals surface area contributed by atoms with Gasteiger partial charge < -0.3 is 0 Å².